The van der Waals surface area contributed by atoms with Crippen molar-refractivity contribution in [2.24, 2.45) is 0 Å². The third-order valence-corrected chi connectivity index (χ3v) is 3.44. The molecule has 0 radical (unpaired) electrons. The molecule has 1 aromatic heterocycles. The maximum Gasteiger partial charge on any atom is 0.234 e. The van der Waals surface area contributed by atoms with Crippen molar-refractivity contribution in [1.82, 2.24) is 15.2 Å². The number of carbonyl (C=O) groups is 1. The minimum Gasteiger partial charge on any atom is -0.497 e. The van der Waals surface area contributed by atoms with Crippen molar-refractivity contribution in [2.75, 3.05) is 25.3 Å². The van der Waals surface area contributed by atoms with Crippen LogP contribution in [0.15, 0.2) is 23.4 Å². The van der Waals surface area contributed by atoms with E-state index >= 15 is 0 Å². The Hall–Kier alpha value is -2.22. The van der Waals surface area contributed by atoms with Crippen LogP contribution in [0, 0.1) is 6.92 Å². The Balaban J connectivity index is 1.95. The lowest BCUT2D eigenvalue weighted by Crippen LogP contribution is -2.14. The summed E-state index contributed by atoms with van der Waals surface area (Å²) < 4.78 is 10.3. The quantitative estimate of drug-likeness (QED) is 0.792. The molecule has 0 saturated heterocycles. The van der Waals surface area contributed by atoms with Crippen LogP contribution in [0.4, 0.5) is 5.69 Å². The Labute approximate surface area is 126 Å². The van der Waals surface area contributed by atoms with Gasteiger partial charge in [-0.3, -0.25) is 9.89 Å². The van der Waals surface area contributed by atoms with Crippen molar-refractivity contribution in [3.8, 4) is 11.5 Å². The molecule has 1 aromatic carbocycles. The first-order valence-corrected chi connectivity index (χ1v) is 7.14. The van der Waals surface area contributed by atoms with E-state index in [-0.39, 0.29) is 11.7 Å². The van der Waals surface area contributed by atoms with Crippen LogP contribution in [-0.4, -0.2) is 41.1 Å². The van der Waals surface area contributed by atoms with E-state index in [0.29, 0.717) is 22.3 Å². The van der Waals surface area contributed by atoms with Gasteiger partial charge in [0.1, 0.15) is 17.3 Å². The molecule has 0 aliphatic heterocycles. The number of benzene rings is 1. The third kappa shape index (κ3) is 4.12. The lowest BCUT2D eigenvalue weighted by Gasteiger charge is -2.11. The Morgan fingerprint density at radius 3 is 2.81 bits per heavy atom. The number of methoxy groups -OCH3 is 2. The van der Waals surface area contributed by atoms with Crippen LogP contribution in [-0.2, 0) is 4.79 Å². The molecule has 21 heavy (non-hydrogen) atoms. The summed E-state index contributed by atoms with van der Waals surface area (Å²) in [5.41, 5.74) is 0.593. The summed E-state index contributed by atoms with van der Waals surface area (Å²) in [4.78, 5) is 16.1. The first-order valence-electron chi connectivity index (χ1n) is 6.16. The molecule has 8 heteroatoms. The van der Waals surface area contributed by atoms with Crippen molar-refractivity contribution in [2.45, 2.75) is 12.1 Å². The second kappa shape index (κ2) is 6.98. The minimum absolute atomic E-state index is 0.161. The normalized spacial score (nSPS) is 10.2. The van der Waals surface area contributed by atoms with E-state index in [9.17, 15) is 4.79 Å². The molecule has 0 atom stereocenters. The molecule has 2 rings (SSSR count). The number of hydrogen-bond donors (Lipinski definition) is 2. The largest absolute Gasteiger partial charge is 0.497 e. The van der Waals surface area contributed by atoms with Crippen molar-refractivity contribution in [1.29, 1.82) is 0 Å². The van der Waals surface area contributed by atoms with Gasteiger partial charge in [-0.15, -0.1) is 5.10 Å². The second-order valence-corrected chi connectivity index (χ2v) is 5.05. The highest BCUT2D eigenvalue weighted by atomic mass is 32.2. The van der Waals surface area contributed by atoms with Crippen LogP contribution in [0.25, 0.3) is 0 Å². The van der Waals surface area contributed by atoms with Gasteiger partial charge in [-0.2, -0.15) is 0 Å². The first-order chi connectivity index (χ1) is 10.1. The van der Waals surface area contributed by atoms with Crippen LogP contribution < -0.4 is 14.8 Å². The molecule has 0 aliphatic rings. The summed E-state index contributed by atoms with van der Waals surface area (Å²) >= 11 is 1.26. The van der Waals surface area contributed by atoms with E-state index in [1.54, 1.807) is 32.2 Å². The summed E-state index contributed by atoms with van der Waals surface area (Å²) in [6.07, 6.45) is 0. The molecule has 0 unspecified atom stereocenters. The summed E-state index contributed by atoms with van der Waals surface area (Å²) in [6, 6.07) is 5.20. The number of hydrogen-bond acceptors (Lipinski definition) is 6. The van der Waals surface area contributed by atoms with Crippen molar-refractivity contribution < 1.29 is 14.3 Å². The monoisotopic (exact) mass is 308 g/mol. The number of thioether (sulfide) groups is 1. The van der Waals surface area contributed by atoms with Gasteiger partial charge in [0.05, 0.1) is 25.7 Å². The molecule has 2 N–H and O–H groups in total. The van der Waals surface area contributed by atoms with Crippen molar-refractivity contribution in [3.63, 3.8) is 0 Å². The molecule has 0 saturated carbocycles. The van der Waals surface area contributed by atoms with Crippen LogP contribution in [0.5, 0.6) is 11.5 Å². The molecule has 1 heterocycles. The Kier molecular flexibility index (Phi) is 5.04. The highest BCUT2D eigenvalue weighted by Gasteiger charge is 2.10. The molecule has 7 nitrogen and oxygen atoms in total. The second-order valence-electron chi connectivity index (χ2n) is 4.11. The lowest BCUT2D eigenvalue weighted by atomic mass is 10.2. The third-order valence-electron chi connectivity index (χ3n) is 2.59. The standard InChI is InChI=1S/C13H16N4O3S/c1-8-14-13(17-16-8)21-7-12(18)15-10-5-4-9(19-2)6-11(10)20-3/h4-6H,7H2,1-3H3,(H,15,18)(H,14,16,17). The number of nitrogens with zero attached hydrogens (tertiary/aromatic N) is 2. The van der Waals surface area contributed by atoms with Gasteiger partial charge in [0, 0.05) is 6.07 Å². The number of aromatic amines is 1. The molecule has 0 fully saturated rings. The number of H-pyrrole nitrogens is 1. The number of anilines is 1. The van der Waals surface area contributed by atoms with Gasteiger partial charge in [-0.1, -0.05) is 11.8 Å². The highest BCUT2D eigenvalue weighted by Crippen LogP contribution is 2.29. The minimum atomic E-state index is -0.161. The number of ether oxygens (including phenoxy) is 2. The van der Waals surface area contributed by atoms with Gasteiger partial charge in [0.25, 0.3) is 0 Å². The summed E-state index contributed by atoms with van der Waals surface area (Å²) in [5.74, 6) is 1.98. The highest BCUT2D eigenvalue weighted by molar-refractivity contribution is 7.99. The molecule has 2 aromatic rings. The smallest absolute Gasteiger partial charge is 0.234 e. The number of carbonyl (C=O) groups excluding carboxylic acids is 1. The maximum absolute atomic E-state index is 11.9. The Morgan fingerprint density at radius 1 is 1.38 bits per heavy atom. The number of amides is 1. The van der Waals surface area contributed by atoms with Gasteiger partial charge in [-0.25, -0.2) is 4.98 Å². The van der Waals surface area contributed by atoms with Gasteiger partial charge in [-0.05, 0) is 19.1 Å². The Morgan fingerprint density at radius 2 is 2.19 bits per heavy atom. The zero-order valence-electron chi connectivity index (χ0n) is 12.0. The fourth-order valence-corrected chi connectivity index (χ4v) is 2.25. The van der Waals surface area contributed by atoms with E-state index in [1.165, 1.54) is 18.9 Å². The average Bonchev–Trinajstić information content (AvgIpc) is 2.91. The zero-order valence-corrected chi connectivity index (χ0v) is 12.8. The molecule has 1 amide bonds. The SMILES string of the molecule is COc1ccc(NC(=O)CSc2n[nH]c(C)n2)c(OC)c1. The van der Waals surface area contributed by atoms with E-state index in [2.05, 4.69) is 20.5 Å². The van der Waals surface area contributed by atoms with Gasteiger partial charge >= 0.3 is 0 Å². The zero-order chi connectivity index (χ0) is 15.2. The fourth-order valence-electron chi connectivity index (χ4n) is 1.60. The number of nitrogens with one attached hydrogen (secondary N) is 2. The van der Waals surface area contributed by atoms with Crippen LogP contribution in [0.2, 0.25) is 0 Å². The van der Waals surface area contributed by atoms with Crippen LogP contribution in [0.3, 0.4) is 0 Å². The summed E-state index contributed by atoms with van der Waals surface area (Å²) in [7, 11) is 3.11. The number of rotatable bonds is 6. The fraction of sp³-hybridized carbons (Fsp3) is 0.308. The van der Waals surface area contributed by atoms with E-state index in [1.807, 2.05) is 0 Å². The van der Waals surface area contributed by atoms with Gasteiger partial charge in [0.15, 0.2) is 0 Å². The van der Waals surface area contributed by atoms with E-state index in [4.69, 9.17) is 9.47 Å². The molecule has 0 aliphatic carbocycles. The summed E-state index contributed by atoms with van der Waals surface area (Å²) in [5, 5.41) is 10.0. The Bertz CT molecular complexity index is 630. The van der Waals surface area contributed by atoms with Crippen molar-refractivity contribution in [3.05, 3.63) is 24.0 Å². The first kappa shape index (κ1) is 15.2. The van der Waals surface area contributed by atoms with E-state index in [0.717, 1.165) is 5.82 Å². The topological polar surface area (TPSA) is 89.1 Å². The number of aromatic nitrogens is 3. The number of aryl methyl sites for hydroxylation is 1. The maximum atomic E-state index is 11.9. The molecule has 0 bridgehead atoms. The summed E-state index contributed by atoms with van der Waals surface area (Å²) in [6.45, 7) is 1.80. The van der Waals surface area contributed by atoms with Crippen LogP contribution >= 0.6 is 11.8 Å². The predicted octanol–water partition coefficient (Wildman–Crippen LogP) is 1.86. The molecule has 0 spiro atoms. The van der Waals surface area contributed by atoms with Crippen LogP contribution in [0.1, 0.15) is 5.82 Å². The molecule has 112 valence electrons. The van der Waals surface area contributed by atoms with Gasteiger partial charge in [0.2, 0.25) is 11.1 Å². The molecular formula is C13H16N4O3S. The van der Waals surface area contributed by atoms with Crippen molar-refractivity contribution >= 4 is 23.4 Å². The van der Waals surface area contributed by atoms with Gasteiger partial charge < -0.3 is 14.8 Å². The lowest BCUT2D eigenvalue weighted by molar-refractivity contribution is -0.113. The molecular weight excluding hydrogens is 292 g/mol. The van der Waals surface area contributed by atoms with E-state index < -0.39 is 0 Å². The average molecular weight is 308 g/mol. The predicted molar refractivity (Wildman–Crippen MR) is 80.0 cm³/mol.